The molecule has 6 nitrogen and oxygen atoms in total. The van der Waals surface area contributed by atoms with Gasteiger partial charge in [0.25, 0.3) is 0 Å². The summed E-state index contributed by atoms with van der Waals surface area (Å²) >= 11 is 0. The molecule has 6 heteroatoms. The predicted octanol–water partition coefficient (Wildman–Crippen LogP) is 1.80. The van der Waals surface area contributed by atoms with E-state index < -0.39 is 5.60 Å². The standard InChI is InChI=1S/C16H26N2O4/c1-16(2,3)22-15(20)18-8-7-17-6-5-12(9-13(17)11-18)10-14(19)21-4/h10,13H,5-9,11H2,1-4H3/t13-/m1/s1. The van der Waals surface area contributed by atoms with Gasteiger partial charge >= 0.3 is 12.1 Å². The highest BCUT2D eigenvalue weighted by molar-refractivity contribution is 5.82. The Morgan fingerprint density at radius 3 is 2.59 bits per heavy atom. The lowest BCUT2D eigenvalue weighted by Crippen LogP contribution is -2.57. The first-order chi connectivity index (χ1) is 10.3. The number of ether oxygens (including phenoxy) is 2. The van der Waals surface area contributed by atoms with Crippen LogP contribution in [0.25, 0.3) is 0 Å². The molecule has 2 aliphatic rings. The molecular formula is C16H26N2O4. The van der Waals surface area contributed by atoms with Gasteiger partial charge in [-0.3, -0.25) is 4.90 Å². The van der Waals surface area contributed by atoms with Crippen molar-refractivity contribution in [1.29, 1.82) is 0 Å². The third kappa shape index (κ3) is 4.47. The lowest BCUT2D eigenvalue weighted by Gasteiger charge is -2.44. The van der Waals surface area contributed by atoms with Crippen LogP contribution in [0.4, 0.5) is 4.79 Å². The summed E-state index contributed by atoms with van der Waals surface area (Å²) < 4.78 is 10.1. The van der Waals surface area contributed by atoms with E-state index >= 15 is 0 Å². The first kappa shape index (κ1) is 16.8. The van der Waals surface area contributed by atoms with Gasteiger partial charge < -0.3 is 14.4 Å². The molecule has 0 radical (unpaired) electrons. The van der Waals surface area contributed by atoms with E-state index in [0.717, 1.165) is 31.5 Å². The first-order valence-corrected chi connectivity index (χ1v) is 7.78. The zero-order chi connectivity index (χ0) is 16.3. The SMILES string of the molecule is COC(=O)C=C1CCN2CCN(C(=O)OC(C)(C)C)C[C@H]2C1. The van der Waals surface area contributed by atoms with Gasteiger partial charge in [-0.15, -0.1) is 0 Å². The average molecular weight is 310 g/mol. The van der Waals surface area contributed by atoms with Gasteiger partial charge in [-0.25, -0.2) is 9.59 Å². The fourth-order valence-electron chi connectivity index (χ4n) is 2.92. The molecule has 0 spiro atoms. The Morgan fingerprint density at radius 1 is 1.23 bits per heavy atom. The molecule has 124 valence electrons. The van der Waals surface area contributed by atoms with Crippen molar-refractivity contribution in [1.82, 2.24) is 9.80 Å². The molecule has 0 aromatic carbocycles. The summed E-state index contributed by atoms with van der Waals surface area (Å²) in [4.78, 5) is 27.7. The number of piperazine rings is 1. The molecule has 0 unspecified atom stereocenters. The summed E-state index contributed by atoms with van der Waals surface area (Å²) in [6.07, 6.45) is 3.02. The zero-order valence-electron chi connectivity index (χ0n) is 13.9. The average Bonchev–Trinajstić information content (AvgIpc) is 2.44. The number of esters is 1. The number of nitrogens with zero attached hydrogens (tertiary/aromatic N) is 2. The Hall–Kier alpha value is -1.56. The van der Waals surface area contributed by atoms with Crippen LogP contribution < -0.4 is 0 Å². The predicted molar refractivity (Wildman–Crippen MR) is 82.5 cm³/mol. The van der Waals surface area contributed by atoms with Crippen molar-refractivity contribution in [3.05, 3.63) is 11.6 Å². The first-order valence-electron chi connectivity index (χ1n) is 7.78. The Morgan fingerprint density at radius 2 is 1.95 bits per heavy atom. The molecule has 0 N–H and O–H groups in total. The van der Waals surface area contributed by atoms with Crippen molar-refractivity contribution in [2.24, 2.45) is 0 Å². The minimum atomic E-state index is -0.475. The maximum absolute atomic E-state index is 12.2. The van der Waals surface area contributed by atoms with E-state index in [-0.39, 0.29) is 18.1 Å². The number of piperidine rings is 1. The third-order valence-corrected chi connectivity index (χ3v) is 4.00. The van der Waals surface area contributed by atoms with Crippen LogP contribution in [-0.4, -0.2) is 66.8 Å². The molecular weight excluding hydrogens is 284 g/mol. The van der Waals surface area contributed by atoms with Crippen molar-refractivity contribution in [2.45, 2.75) is 45.3 Å². The van der Waals surface area contributed by atoms with E-state index in [0.29, 0.717) is 13.1 Å². The fraction of sp³-hybridized carbons (Fsp3) is 0.750. The molecule has 1 atom stereocenters. The molecule has 0 aliphatic carbocycles. The molecule has 2 fully saturated rings. The van der Waals surface area contributed by atoms with Gasteiger partial charge in [-0.2, -0.15) is 0 Å². The second kappa shape index (κ2) is 6.69. The molecule has 2 aliphatic heterocycles. The van der Waals surface area contributed by atoms with Crippen molar-refractivity contribution in [3.63, 3.8) is 0 Å². The second-order valence-corrected chi connectivity index (χ2v) is 6.90. The Bertz CT molecular complexity index is 467. The normalized spacial score (nSPS) is 24.8. The van der Waals surface area contributed by atoms with Crippen molar-refractivity contribution in [3.8, 4) is 0 Å². The summed E-state index contributed by atoms with van der Waals surface area (Å²) in [6.45, 7) is 8.75. The molecule has 2 saturated heterocycles. The number of hydrogen-bond donors (Lipinski definition) is 0. The zero-order valence-corrected chi connectivity index (χ0v) is 13.9. The lowest BCUT2D eigenvalue weighted by atomic mass is 9.94. The highest BCUT2D eigenvalue weighted by Crippen LogP contribution is 2.26. The monoisotopic (exact) mass is 310 g/mol. The number of carbonyl (C=O) groups excluding carboxylic acids is 2. The van der Waals surface area contributed by atoms with E-state index in [9.17, 15) is 9.59 Å². The minimum Gasteiger partial charge on any atom is -0.466 e. The lowest BCUT2D eigenvalue weighted by molar-refractivity contribution is -0.134. The van der Waals surface area contributed by atoms with Crippen molar-refractivity contribution < 1.29 is 19.1 Å². The largest absolute Gasteiger partial charge is 0.466 e. The summed E-state index contributed by atoms with van der Waals surface area (Å²) in [7, 11) is 1.39. The van der Waals surface area contributed by atoms with Crippen molar-refractivity contribution in [2.75, 3.05) is 33.3 Å². The molecule has 0 aromatic heterocycles. The smallest absolute Gasteiger partial charge is 0.410 e. The number of rotatable bonds is 1. The van der Waals surface area contributed by atoms with E-state index in [2.05, 4.69) is 9.64 Å². The summed E-state index contributed by atoms with van der Waals surface area (Å²) in [5.74, 6) is -0.303. The van der Waals surface area contributed by atoms with Gasteiger partial charge in [0, 0.05) is 38.3 Å². The summed E-state index contributed by atoms with van der Waals surface area (Å²) in [6, 6.07) is 0.255. The Kier molecular flexibility index (Phi) is 5.11. The van der Waals surface area contributed by atoms with Gasteiger partial charge in [0.15, 0.2) is 0 Å². The van der Waals surface area contributed by atoms with Crippen LogP contribution in [-0.2, 0) is 14.3 Å². The Labute approximate surface area is 132 Å². The van der Waals surface area contributed by atoms with Crippen molar-refractivity contribution >= 4 is 12.1 Å². The number of hydrogen-bond acceptors (Lipinski definition) is 5. The van der Waals surface area contributed by atoms with E-state index in [1.807, 2.05) is 20.8 Å². The van der Waals surface area contributed by atoms with Gasteiger partial charge in [-0.05, 0) is 33.6 Å². The molecule has 1 amide bonds. The highest BCUT2D eigenvalue weighted by Gasteiger charge is 2.34. The van der Waals surface area contributed by atoms with Gasteiger partial charge in [0.1, 0.15) is 5.60 Å². The molecule has 0 saturated carbocycles. The molecule has 0 aromatic rings. The van der Waals surface area contributed by atoms with Crippen LogP contribution in [0.3, 0.4) is 0 Å². The topological polar surface area (TPSA) is 59.1 Å². The van der Waals surface area contributed by atoms with E-state index in [1.165, 1.54) is 7.11 Å². The summed E-state index contributed by atoms with van der Waals surface area (Å²) in [5, 5.41) is 0. The minimum absolute atomic E-state index is 0.253. The quantitative estimate of drug-likeness (QED) is 0.546. The fourth-order valence-corrected chi connectivity index (χ4v) is 2.92. The van der Waals surface area contributed by atoms with Gasteiger partial charge in [0.05, 0.1) is 7.11 Å². The van der Waals surface area contributed by atoms with E-state index in [1.54, 1.807) is 11.0 Å². The number of fused-ring (bicyclic) bond motifs is 1. The second-order valence-electron chi connectivity index (χ2n) is 6.90. The molecule has 0 bridgehead atoms. The molecule has 2 rings (SSSR count). The highest BCUT2D eigenvalue weighted by atomic mass is 16.6. The Balaban J connectivity index is 1.96. The molecule has 22 heavy (non-hydrogen) atoms. The van der Waals surface area contributed by atoms with Crippen LogP contribution in [0, 0.1) is 0 Å². The number of methoxy groups -OCH3 is 1. The van der Waals surface area contributed by atoms with Gasteiger partial charge in [-0.1, -0.05) is 5.57 Å². The maximum atomic E-state index is 12.2. The van der Waals surface area contributed by atoms with Gasteiger partial charge in [0.2, 0.25) is 0 Å². The summed E-state index contributed by atoms with van der Waals surface area (Å²) in [5.41, 5.74) is 0.621. The van der Waals surface area contributed by atoms with Crippen LogP contribution >= 0.6 is 0 Å². The number of carbonyl (C=O) groups is 2. The van der Waals surface area contributed by atoms with Crippen LogP contribution in [0.2, 0.25) is 0 Å². The van der Waals surface area contributed by atoms with Crippen LogP contribution in [0.1, 0.15) is 33.6 Å². The number of amides is 1. The maximum Gasteiger partial charge on any atom is 0.410 e. The molecule has 2 heterocycles. The third-order valence-electron chi connectivity index (χ3n) is 4.00. The van der Waals surface area contributed by atoms with E-state index in [4.69, 9.17) is 4.74 Å². The van der Waals surface area contributed by atoms with Crippen LogP contribution in [0.15, 0.2) is 11.6 Å². The van der Waals surface area contributed by atoms with Crippen LogP contribution in [0.5, 0.6) is 0 Å².